The number of methoxy groups -OCH3 is 1. The fourth-order valence-electron chi connectivity index (χ4n) is 3.15. The van der Waals surface area contributed by atoms with Crippen molar-refractivity contribution < 1.29 is 14.3 Å². The summed E-state index contributed by atoms with van der Waals surface area (Å²) in [7, 11) is 6.69. The molecule has 31 heavy (non-hydrogen) atoms. The van der Waals surface area contributed by atoms with Crippen LogP contribution < -0.4 is 10.1 Å². The predicted octanol–water partition coefficient (Wildman–Crippen LogP) is 2.32. The van der Waals surface area contributed by atoms with Crippen LogP contribution in [0, 0.1) is 0 Å². The molecule has 2 N–H and O–H groups in total. The summed E-state index contributed by atoms with van der Waals surface area (Å²) >= 11 is 0. The van der Waals surface area contributed by atoms with Gasteiger partial charge in [0.1, 0.15) is 22.5 Å². The molecule has 10 heteroatoms. The van der Waals surface area contributed by atoms with E-state index in [9.17, 15) is 9.59 Å². The number of aromatic nitrogens is 5. The number of rotatable bonds is 5. The zero-order valence-electron chi connectivity index (χ0n) is 17.5. The average Bonchev–Trinajstić information content (AvgIpc) is 3.38. The van der Waals surface area contributed by atoms with Crippen LogP contribution >= 0.6 is 0 Å². The Kier molecular flexibility index (Phi) is 5.12. The molecule has 2 amide bonds. The highest BCUT2D eigenvalue weighted by molar-refractivity contribution is 6.05. The number of fused-ring (bicyclic) bond motifs is 1. The third kappa shape index (κ3) is 3.82. The number of H-pyrrole nitrogens is 1. The summed E-state index contributed by atoms with van der Waals surface area (Å²) in [6, 6.07) is 6.79. The number of nitrogens with zero attached hydrogens (tertiary/aromatic N) is 5. The van der Waals surface area contributed by atoms with Gasteiger partial charge in [-0.05, 0) is 24.3 Å². The van der Waals surface area contributed by atoms with E-state index < -0.39 is 5.91 Å². The third-order valence-electron chi connectivity index (χ3n) is 4.73. The van der Waals surface area contributed by atoms with Gasteiger partial charge in [-0.3, -0.25) is 24.6 Å². The molecule has 0 radical (unpaired) electrons. The largest absolute Gasteiger partial charge is 0.494 e. The van der Waals surface area contributed by atoms with Gasteiger partial charge >= 0.3 is 0 Å². The van der Waals surface area contributed by atoms with E-state index in [1.54, 1.807) is 38.2 Å². The lowest BCUT2D eigenvalue weighted by Crippen LogP contribution is -2.23. The van der Waals surface area contributed by atoms with Gasteiger partial charge in [-0.25, -0.2) is 4.98 Å². The van der Waals surface area contributed by atoms with Crippen LogP contribution in [0.5, 0.6) is 5.75 Å². The number of benzene rings is 1. The molecule has 0 unspecified atom stereocenters. The molecule has 1 aromatic carbocycles. The Balaban J connectivity index is 1.64. The van der Waals surface area contributed by atoms with Crippen LogP contribution in [0.3, 0.4) is 0 Å². The standard InChI is InChI=1S/C21H21N7O3/c1-27(2)20(30)15-7-5-12(9-22-15)19(29)26-21-24-17-14(13-10-23-28(3)11-13)6-8-16(31-4)18(17)25-21/h5-11H,1-4H3,(H2,24,25,26,29). The highest BCUT2D eigenvalue weighted by Crippen LogP contribution is 2.33. The van der Waals surface area contributed by atoms with E-state index in [-0.39, 0.29) is 17.5 Å². The molecule has 0 bridgehead atoms. The molecule has 0 spiro atoms. The highest BCUT2D eigenvalue weighted by Gasteiger charge is 2.17. The van der Waals surface area contributed by atoms with Crippen molar-refractivity contribution in [1.29, 1.82) is 0 Å². The topological polar surface area (TPSA) is 118 Å². The number of carbonyl (C=O) groups excluding carboxylic acids is 2. The van der Waals surface area contributed by atoms with Gasteiger partial charge in [0.25, 0.3) is 11.8 Å². The highest BCUT2D eigenvalue weighted by atomic mass is 16.5. The summed E-state index contributed by atoms with van der Waals surface area (Å²) in [5.74, 6) is 0.225. The molecule has 158 valence electrons. The molecule has 0 fully saturated rings. The summed E-state index contributed by atoms with van der Waals surface area (Å²) in [5.41, 5.74) is 3.61. The second-order valence-corrected chi connectivity index (χ2v) is 7.11. The van der Waals surface area contributed by atoms with E-state index in [0.29, 0.717) is 22.3 Å². The summed E-state index contributed by atoms with van der Waals surface area (Å²) < 4.78 is 7.14. The Labute approximate surface area is 177 Å². The Morgan fingerprint density at radius 3 is 2.58 bits per heavy atom. The number of amides is 2. The van der Waals surface area contributed by atoms with Crippen molar-refractivity contribution in [2.75, 3.05) is 26.5 Å². The molecule has 10 nitrogen and oxygen atoms in total. The molecule has 4 aromatic rings. The van der Waals surface area contributed by atoms with Gasteiger partial charge < -0.3 is 14.6 Å². The molecule has 3 heterocycles. The van der Waals surface area contributed by atoms with Crippen LogP contribution in [-0.4, -0.2) is 62.7 Å². The lowest BCUT2D eigenvalue weighted by atomic mass is 10.1. The smallest absolute Gasteiger partial charge is 0.271 e. The average molecular weight is 419 g/mol. The Hall–Kier alpha value is -4.21. The maximum atomic E-state index is 12.7. The van der Waals surface area contributed by atoms with Crippen molar-refractivity contribution in [2.45, 2.75) is 0 Å². The quantitative estimate of drug-likeness (QED) is 0.513. The lowest BCUT2D eigenvalue weighted by Gasteiger charge is -2.09. The SMILES string of the molecule is COc1ccc(-c2cnn(C)c2)c2nc(NC(=O)c3ccc(C(=O)N(C)C)nc3)[nH]c12. The van der Waals surface area contributed by atoms with Crippen molar-refractivity contribution in [3.05, 3.63) is 54.1 Å². The van der Waals surface area contributed by atoms with E-state index in [1.165, 1.54) is 17.2 Å². The van der Waals surface area contributed by atoms with Crippen molar-refractivity contribution in [1.82, 2.24) is 29.6 Å². The van der Waals surface area contributed by atoms with Crippen LogP contribution in [0.15, 0.2) is 42.9 Å². The maximum Gasteiger partial charge on any atom is 0.271 e. The van der Waals surface area contributed by atoms with Gasteiger partial charge in [0.15, 0.2) is 0 Å². The van der Waals surface area contributed by atoms with Gasteiger partial charge in [0.05, 0.1) is 18.9 Å². The van der Waals surface area contributed by atoms with Crippen LogP contribution in [-0.2, 0) is 7.05 Å². The third-order valence-corrected chi connectivity index (χ3v) is 4.73. The number of aromatic amines is 1. The molecule has 0 aliphatic heterocycles. The van der Waals surface area contributed by atoms with E-state index in [2.05, 4.69) is 25.4 Å². The number of nitrogens with one attached hydrogen (secondary N) is 2. The molecule has 0 saturated heterocycles. The molecule has 0 aliphatic rings. The van der Waals surface area contributed by atoms with E-state index >= 15 is 0 Å². The molecular weight excluding hydrogens is 398 g/mol. The van der Waals surface area contributed by atoms with E-state index in [0.717, 1.165) is 11.1 Å². The number of anilines is 1. The maximum absolute atomic E-state index is 12.7. The zero-order chi connectivity index (χ0) is 22.1. The molecule has 0 saturated carbocycles. The summed E-state index contributed by atoms with van der Waals surface area (Å²) in [6.45, 7) is 0. The first kappa shape index (κ1) is 20.1. The van der Waals surface area contributed by atoms with Gasteiger partial charge in [-0.2, -0.15) is 5.10 Å². The number of carbonyl (C=O) groups is 2. The Morgan fingerprint density at radius 2 is 1.97 bits per heavy atom. The van der Waals surface area contributed by atoms with Crippen LogP contribution in [0.4, 0.5) is 5.95 Å². The number of hydrogen-bond donors (Lipinski definition) is 2. The summed E-state index contributed by atoms with van der Waals surface area (Å²) in [5, 5.41) is 6.95. The normalized spacial score (nSPS) is 10.8. The summed E-state index contributed by atoms with van der Waals surface area (Å²) in [4.78, 5) is 37.8. The number of pyridine rings is 1. The van der Waals surface area contributed by atoms with Gasteiger partial charge in [0.2, 0.25) is 5.95 Å². The second kappa shape index (κ2) is 7.90. The lowest BCUT2D eigenvalue weighted by molar-refractivity contribution is 0.0821. The number of imidazole rings is 1. The van der Waals surface area contributed by atoms with Crippen molar-refractivity contribution in [3.63, 3.8) is 0 Å². The number of hydrogen-bond acceptors (Lipinski definition) is 6. The van der Waals surface area contributed by atoms with Gasteiger partial charge in [-0.15, -0.1) is 0 Å². The molecule has 0 aliphatic carbocycles. The zero-order valence-corrected chi connectivity index (χ0v) is 17.5. The first-order valence-corrected chi connectivity index (χ1v) is 9.42. The van der Waals surface area contributed by atoms with Gasteiger partial charge in [-0.1, -0.05) is 0 Å². The molecule has 0 atom stereocenters. The predicted molar refractivity (Wildman–Crippen MR) is 115 cm³/mol. The molecule has 4 rings (SSSR count). The number of ether oxygens (including phenoxy) is 1. The summed E-state index contributed by atoms with van der Waals surface area (Å²) in [6.07, 6.45) is 4.99. The first-order chi connectivity index (χ1) is 14.9. The van der Waals surface area contributed by atoms with E-state index in [4.69, 9.17) is 4.74 Å². The Bertz CT molecular complexity index is 1270. The molecule has 3 aromatic heterocycles. The van der Waals surface area contributed by atoms with Crippen LogP contribution in [0.1, 0.15) is 20.8 Å². The van der Waals surface area contributed by atoms with E-state index in [1.807, 2.05) is 25.4 Å². The first-order valence-electron chi connectivity index (χ1n) is 9.42. The number of aryl methyl sites for hydroxylation is 1. The van der Waals surface area contributed by atoms with Crippen LogP contribution in [0.2, 0.25) is 0 Å². The van der Waals surface area contributed by atoms with Crippen LogP contribution in [0.25, 0.3) is 22.2 Å². The minimum absolute atomic E-state index is 0.237. The fourth-order valence-corrected chi connectivity index (χ4v) is 3.15. The van der Waals surface area contributed by atoms with Gasteiger partial charge in [0, 0.05) is 44.7 Å². The van der Waals surface area contributed by atoms with Crippen molar-refractivity contribution in [2.24, 2.45) is 7.05 Å². The minimum Gasteiger partial charge on any atom is -0.494 e. The second-order valence-electron chi connectivity index (χ2n) is 7.11. The van der Waals surface area contributed by atoms with Crippen molar-refractivity contribution in [3.8, 4) is 16.9 Å². The Morgan fingerprint density at radius 1 is 1.16 bits per heavy atom. The van der Waals surface area contributed by atoms with Crippen molar-refractivity contribution >= 4 is 28.8 Å². The monoisotopic (exact) mass is 419 g/mol. The minimum atomic E-state index is -0.405. The molecular formula is C21H21N7O3. The fraction of sp³-hybridized carbons (Fsp3) is 0.190.